The molecule has 0 fully saturated rings. The predicted molar refractivity (Wildman–Crippen MR) is 75.6 cm³/mol. The molecule has 1 heterocycles. The number of nitrogens with zero attached hydrogens (tertiary/aromatic N) is 2. The minimum atomic E-state index is -1.13. The number of amides is 1. The summed E-state index contributed by atoms with van der Waals surface area (Å²) in [5.74, 6) is 0. The Balaban J connectivity index is 2.58. The molecule has 0 atom stereocenters. The maximum atomic E-state index is 10.8. The summed E-state index contributed by atoms with van der Waals surface area (Å²) >= 11 is 1.41. The van der Waals surface area contributed by atoms with E-state index < -0.39 is 6.09 Å². The lowest BCUT2D eigenvalue weighted by atomic mass is 10.0. The lowest BCUT2D eigenvalue weighted by Crippen LogP contribution is -2.10. The van der Waals surface area contributed by atoms with Crippen molar-refractivity contribution in [2.75, 3.05) is 11.6 Å². The fraction of sp³-hybridized carbons (Fsp3) is 0.154. The number of benzene rings is 1. The molecule has 0 unspecified atom stereocenters. The van der Waals surface area contributed by atoms with Gasteiger partial charge >= 0.3 is 6.09 Å². The second kappa shape index (κ2) is 5.71. The second-order valence-corrected chi connectivity index (χ2v) is 4.64. The van der Waals surface area contributed by atoms with Crippen LogP contribution in [-0.2, 0) is 0 Å². The van der Waals surface area contributed by atoms with Gasteiger partial charge in [0.1, 0.15) is 0 Å². The highest BCUT2D eigenvalue weighted by Gasteiger charge is 2.13. The number of hydrogen-bond acceptors (Lipinski definition) is 4. The van der Waals surface area contributed by atoms with Crippen LogP contribution in [0.25, 0.3) is 11.3 Å². The Hall–Kier alpha value is -2.08. The maximum absolute atomic E-state index is 10.8. The van der Waals surface area contributed by atoms with E-state index in [1.54, 1.807) is 0 Å². The predicted octanol–water partition coefficient (Wildman–Crippen LogP) is 3.26. The first-order valence-electron chi connectivity index (χ1n) is 5.59. The van der Waals surface area contributed by atoms with Gasteiger partial charge in [-0.2, -0.15) is 0 Å². The highest BCUT2D eigenvalue weighted by Crippen LogP contribution is 2.29. The van der Waals surface area contributed by atoms with Crippen LogP contribution in [0.3, 0.4) is 0 Å². The zero-order valence-electron chi connectivity index (χ0n) is 10.5. The Morgan fingerprint density at radius 1 is 1.37 bits per heavy atom. The molecule has 19 heavy (non-hydrogen) atoms. The number of nitrogens with one attached hydrogen (secondary N) is 1. The van der Waals surface area contributed by atoms with Crippen molar-refractivity contribution in [2.45, 2.75) is 12.1 Å². The van der Waals surface area contributed by atoms with Gasteiger partial charge in [0.2, 0.25) is 0 Å². The fourth-order valence-electron chi connectivity index (χ4n) is 1.71. The lowest BCUT2D eigenvalue weighted by Gasteiger charge is -2.11. The van der Waals surface area contributed by atoms with Crippen LogP contribution in [-0.4, -0.2) is 27.4 Å². The van der Waals surface area contributed by atoms with Gasteiger partial charge in [0.25, 0.3) is 0 Å². The average Bonchev–Trinajstić information content (AvgIpc) is 2.39. The van der Waals surface area contributed by atoms with Crippen LogP contribution in [0.1, 0.15) is 5.56 Å². The third-order valence-electron chi connectivity index (χ3n) is 2.59. The van der Waals surface area contributed by atoms with Crippen LogP contribution < -0.4 is 5.32 Å². The lowest BCUT2D eigenvalue weighted by molar-refractivity contribution is 0.209. The van der Waals surface area contributed by atoms with Crippen LogP contribution >= 0.6 is 11.8 Å². The number of aryl methyl sites for hydroxylation is 1. The average molecular weight is 275 g/mol. The molecule has 5 nitrogen and oxygen atoms in total. The van der Waals surface area contributed by atoms with E-state index in [9.17, 15) is 4.79 Å². The normalized spacial score (nSPS) is 10.2. The molecule has 2 N–H and O–H groups in total. The van der Waals surface area contributed by atoms with Gasteiger partial charge in [-0.05, 0) is 18.7 Å². The Bertz CT molecular complexity index is 617. The first kappa shape index (κ1) is 13.4. The highest BCUT2D eigenvalue weighted by molar-refractivity contribution is 7.98. The van der Waals surface area contributed by atoms with Gasteiger partial charge in [0.15, 0.2) is 5.16 Å². The Morgan fingerprint density at radius 3 is 2.74 bits per heavy atom. The quantitative estimate of drug-likeness (QED) is 0.664. The van der Waals surface area contributed by atoms with Gasteiger partial charge in [-0.25, -0.2) is 14.8 Å². The van der Waals surface area contributed by atoms with E-state index in [0.717, 1.165) is 11.1 Å². The molecule has 1 aromatic heterocycles. The summed E-state index contributed by atoms with van der Waals surface area (Å²) in [5, 5.41) is 11.8. The van der Waals surface area contributed by atoms with Crippen molar-refractivity contribution in [3.05, 3.63) is 36.0 Å². The number of carboxylic acid groups (broad SMARTS) is 1. The number of rotatable bonds is 3. The Kier molecular flexibility index (Phi) is 4.01. The van der Waals surface area contributed by atoms with Crippen molar-refractivity contribution in [3.63, 3.8) is 0 Å². The first-order chi connectivity index (χ1) is 9.11. The molecule has 0 saturated carbocycles. The van der Waals surface area contributed by atoms with E-state index in [-0.39, 0.29) is 0 Å². The molecule has 0 radical (unpaired) electrons. The molecule has 1 amide bonds. The van der Waals surface area contributed by atoms with E-state index >= 15 is 0 Å². The molecule has 0 spiro atoms. The van der Waals surface area contributed by atoms with Gasteiger partial charge in [-0.15, -0.1) is 0 Å². The van der Waals surface area contributed by atoms with Crippen LogP contribution in [0.4, 0.5) is 10.5 Å². The summed E-state index contributed by atoms with van der Waals surface area (Å²) in [4.78, 5) is 19.3. The van der Waals surface area contributed by atoms with Gasteiger partial charge in [-0.1, -0.05) is 36.0 Å². The van der Waals surface area contributed by atoms with Gasteiger partial charge in [0.05, 0.1) is 17.6 Å². The first-order valence-corrected chi connectivity index (χ1v) is 6.81. The number of carbonyl (C=O) groups is 1. The number of aromatic nitrogens is 2. The standard InChI is InChI=1S/C13H13N3O2S/c1-8-5-3-4-6-9(8)11-10(15-13(17)18)7-14-12(16-11)19-2/h3-7,15H,1-2H3,(H,17,18). The molecule has 0 bridgehead atoms. The minimum absolute atomic E-state index is 0.389. The third kappa shape index (κ3) is 3.03. The third-order valence-corrected chi connectivity index (χ3v) is 3.15. The van der Waals surface area contributed by atoms with Gasteiger partial charge in [-0.3, -0.25) is 5.32 Å². The van der Waals surface area contributed by atoms with E-state index in [0.29, 0.717) is 16.5 Å². The van der Waals surface area contributed by atoms with E-state index in [2.05, 4.69) is 15.3 Å². The van der Waals surface area contributed by atoms with Crippen LogP contribution in [0, 0.1) is 6.92 Å². The Morgan fingerprint density at radius 2 is 2.11 bits per heavy atom. The summed E-state index contributed by atoms with van der Waals surface area (Å²) < 4.78 is 0. The summed E-state index contributed by atoms with van der Waals surface area (Å²) in [5.41, 5.74) is 2.91. The fourth-order valence-corrected chi connectivity index (χ4v) is 2.06. The largest absolute Gasteiger partial charge is 0.465 e. The second-order valence-electron chi connectivity index (χ2n) is 3.86. The number of hydrogen-bond donors (Lipinski definition) is 2. The van der Waals surface area contributed by atoms with Crippen molar-refractivity contribution < 1.29 is 9.90 Å². The summed E-state index contributed by atoms with van der Waals surface area (Å²) in [6.07, 6.45) is 2.24. The topological polar surface area (TPSA) is 75.1 Å². The van der Waals surface area contributed by atoms with Crippen LogP contribution in [0.15, 0.2) is 35.6 Å². The summed E-state index contributed by atoms with van der Waals surface area (Å²) in [6.45, 7) is 1.96. The SMILES string of the molecule is CSc1ncc(NC(=O)O)c(-c2ccccc2C)n1. The van der Waals surface area contributed by atoms with Crippen molar-refractivity contribution in [1.29, 1.82) is 0 Å². The summed E-state index contributed by atoms with van der Waals surface area (Å²) in [7, 11) is 0. The van der Waals surface area contributed by atoms with E-state index in [1.165, 1.54) is 18.0 Å². The smallest absolute Gasteiger partial charge is 0.409 e. The zero-order chi connectivity index (χ0) is 13.8. The minimum Gasteiger partial charge on any atom is -0.465 e. The van der Waals surface area contributed by atoms with Crippen molar-refractivity contribution >= 4 is 23.5 Å². The molecule has 1 aromatic carbocycles. The zero-order valence-corrected chi connectivity index (χ0v) is 11.4. The monoisotopic (exact) mass is 275 g/mol. The molecule has 2 aromatic rings. The molecule has 0 aliphatic carbocycles. The molecule has 98 valence electrons. The van der Waals surface area contributed by atoms with Gasteiger partial charge in [0, 0.05) is 5.56 Å². The molecule has 6 heteroatoms. The number of thioether (sulfide) groups is 1. The Labute approximate surface area is 115 Å². The highest BCUT2D eigenvalue weighted by atomic mass is 32.2. The number of anilines is 1. The molecule has 2 rings (SSSR count). The van der Waals surface area contributed by atoms with Crippen molar-refractivity contribution in [3.8, 4) is 11.3 Å². The molecule has 0 saturated heterocycles. The molecule has 0 aliphatic rings. The molecular formula is C13H13N3O2S. The van der Waals surface area contributed by atoms with Crippen molar-refractivity contribution in [1.82, 2.24) is 9.97 Å². The van der Waals surface area contributed by atoms with E-state index in [1.807, 2.05) is 37.4 Å². The summed E-state index contributed by atoms with van der Waals surface area (Å²) in [6, 6.07) is 7.70. The van der Waals surface area contributed by atoms with E-state index in [4.69, 9.17) is 5.11 Å². The van der Waals surface area contributed by atoms with Crippen molar-refractivity contribution in [2.24, 2.45) is 0 Å². The van der Waals surface area contributed by atoms with Gasteiger partial charge < -0.3 is 5.11 Å². The maximum Gasteiger partial charge on any atom is 0.409 e. The molecular weight excluding hydrogens is 262 g/mol. The molecule has 0 aliphatic heterocycles. The van der Waals surface area contributed by atoms with Crippen LogP contribution in [0.5, 0.6) is 0 Å². The van der Waals surface area contributed by atoms with Crippen LogP contribution in [0.2, 0.25) is 0 Å².